The number of hydrogen-bond donors (Lipinski definition) is 0. The van der Waals surface area contributed by atoms with Crippen molar-refractivity contribution in [2.24, 2.45) is 5.11 Å². The van der Waals surface area contributed by atoms with Crippen LogP contribution in [-0.4, -0.2) is 30.7 Å². The van der Waals surface area contributed by atoms with Gasteiger partial charge in [0, 0.05) is 18.0 Å². The van der Waals surface area contributed by atoms with Gasteiger partial charge in [0.25, 0.3) is 0 Å². The molecule has 0 N–H and O–H groups in total. The molecule has 0 atom stereocenters. The topological polar surface area (TPSA) is 78.3 Å². The van der Waals surface area contributed by atoms with Gasteiger partial charge in [0.2, 0.25) is 0 Å². The number of carbonyl (C=O) groups is 1. The summed E-state index contributed by atoms with van der Waals surface area (Å²) in [6.07, 6.45) is 3.64. The van der Waals surface area contributed by atoms with Crippen molar-refractivity contribution >= 4 is 5.97 Å². The van der Waals surface area contributed by atoms with Crippen molar-refractivity contribution in [3.8, 4) is 0 Å². The molecule has 0 amide bonds. The number of carbonyl (C=O) groups excluding carboxylic acids is 1. The summed E-state index contributed by atoms with van der Waals surface area (Å²) in [6.45, 7) is 1.69. The minimum Gasteiger partial charge on any atom is -0.364 e. The summed E-state index contributed by atoms with van der Waals surface area (Å²) < 4.78 is 0. The fraction of sp³-hybridized carbons (Fsp3) is 0.357. The van der Waals surface area contributed by atoms with E-state index in [4.69, 9.17) is 10.4 Å². The quantitative estimate of drug-likeness (QED) is 0.357. The van der Waals surface area contributed by atoms with Gasteiger partial charge in [-0.05, 0) is 30.5 Å². The van der Waals surface area contributed by atoms with E-state index in [1.165, 1.54) is 0 Å². The van der Waals surface area contributed by atoms with E-state index >= 15 is 0 Å². The van der Waals surface area contributed by atoms with E-state index in [1.807, 2.05) is 6.07 Å². The lowest BCUT2D eigenvalue weighted by Crippen LogP contribution is -2.32. The van der Waals surface area contributed by atoms with Gasteiger partial charge in [-0.1, -0.05) is 35.0 Å². The predicted octanol–water partition coefficient (Wildman–Crippen LogP) is 3.09. The summed E-state index contributed by atoms with van der Waals surface area (Å²) in [5.41, 5.74) is 9.92. The monoisotopic (exact) mass is 272 g/mol. The Balaban J connectivity index is 1.87. The molecule has 2 rings (SSSR count). The standard InChI is InChI=1S/C14H16N4O2/c15-17-16-9-8-12-5-4-10-18(11-12)20-14(19)13-6-2-1-3-7-13/h1-3,5-7H,4,8-11H2. The summed E-state index contributed by atoms with van der Waals surface area (Å²) in [6, 6.07) is 8.92. The fourth-order valence-corrected chi connectivity index (χ4v) is 2.02. The number of nitrogens with zero attached hydrogens (tertiary/aromatic N) is 4. The van der Waals surface area contributed by atoms with E-state index in [-0.39, 0.29) is 5.97 Å². The molecule has 1 aromatic carbocycles. The molecular weight excluding hydrogens is 256 g/mol. The molecule has 6 nitrogen and oxygen atoms in total. The van der Waals surface area contributed by atoms with E-state index < -0.39 is 0 Å². The molecule has 0 bridgehead atoms. The summed E-state index contributed by atoms with van der Waals surface area (Å²) in [5, 5.41) is 5.17. The van der Waals surface area contributed by atoms with Crippen LogP contribution in [0.4, 0.5) is 0 Å². The molecule has 0 spiro atoms. The molecule has 1 heterocycles. The number of azide groups is 1. The SMILES string of the molecule is [N-]=[N+]=NCCC1=CCCN(OC(=O)c2ccccc2)C1. The zero-order chi connectivity index (χ0) is 14.2. The second-order valence-electron chi connectivity index (χ2n) is 4.46. The van der Waals surface area contributed by atoms with Crippen LogP contribution in [0.3, 0.4) is 0 Å². The molecule has 0 saturated carbocycles. The van der Waals surface area contributed by atoms with E-state index in [9.17, 15) is 4.79 Å². The van der Waals surface area contributed by atoms with Crippen molar-refractivity contribution in [2.75, 3.05) is 19.6 Å². The molecule has 104 valence electrons. The fourth-order valence-electron chi connectivity index (χ4n) is 2.02. The largest absolute Gasteiger partial charge is 0.364 e. The Kier molecular flexibility index (Phi) is 5.17. The van der Waals surface area contributed by atoms with E-state index in [0.29, 0.717) is 31.6 Å². The van der Waals surface area contributed by atoms with Crippen LogP contribution >= 0.6 is 0 Å². The van der Waals surface area contributed by atoms with Crippen molar-refractivity contribution in [1.82, 2.24) is 5.06 Å². The van der Waals surface area contributed by atoms with E-state index in [0.717, 1.165) is 12.0 Å². The molecule has 0 fully saturated rings. The summed E-state index contributed by atoms with van der Waals surface area (Å²) >= 11 is 0. The van der Waals surface area contributed by atoms with Gasteiger partial charge < -0.3 is 4.84 Å². The molecule has 0 saturated heterocycles. The molecule has 0 aromatic heterocycles. The van der Waals surface area contributed by atoms with Crippen LogP contribution in [0.25, 0.3) is 10.4 Å². The van der Waals surface area contributed by atoms with Crippen LogP contribution < -0.4 is 0 Å². The average molecular weight is 272 g/mol. The maximum Gasteiger partial charge on any atom is 0.357 e. The minimum absolute atomic E-state index is 0.345. The molecule has 1 aromatic rings. The number of hydroxylamine groups is 2. The smallest absolute Gasteiger partial charge is 0.357 e. The predicted molar refractivity (Wildman–Crippen MR) is 74.8 cm³/mol. The van der Waals surface area contributed by atoms with Crippen molar-refractivity contribution in [1.29, 1.82) is 0 Å². The summed E-state index contributed by atoms with van der Waals surface area (Å²) in [7, 11) is 0. The van der Waals surface area contributed by atoms with E-state index in [2.05, 4.69) is 16.1 Å². The zero-order valence-electron chi connectivity index (χ0n) is 11.1. The second kappa shape index (κ2) is 7.33. The molecule has 0 aliphatic carbocycles. The molecule has 0 radical (unpaired) electrons. The lowest BCUT2D eigenvalue weighted by molar-refractivity contribution is -0.105. The number of benzene rings is 1. The normalized spacial score (nSPS) is 15.1. The highest BCUT2D eigenvalue weighted by molar-refractivity contribution is 5.89. The molecule has 0 unspecified atom stereocenters. The highest BCUT2D eigenvalue weighted by atomic mass is 16.7. The Bertz CT molecular complexity index is 535. The van der Waals surface area contributed by atoms with Crippen LogP contribution in [0.5, 0.6) is 0 Å². The van der Waals surface area contributed by atoms with Crippen LogP contribution in [0.15, 0.2) is 47.1 Å². The Hall–Kier alpha value is -2.30. The van der Waals surface area contributed by atoms with Gasteiger partial charge in [-0.2, -0.15) is 0 Å². The van der Waals surface area contributed by atoms with Gasteiger partial charge >= 0.3 is 5.97 Å². The van der Waals surface area contributed by atoms with Gasteiger partial charge in [0.15, 0.2) is 0 Å². The first kappa shape index (κ1) is 14.1. The Morgan fingerprint density at radius 1 is 1.40 bits per heavy atom. The lowest BCUT2D eigenvalue weighted by Gasteiger charge is -2.25. The Morgan fingerprint density at radius 2 is 2.20 bits per heavy atom. The highest BCUT2D eigenvalue weighted by Crippen LogP contribution is 2.14. The van der Waals surface area contributed by atoms with Crippen LogP contribution in [-0.2, 0) is 4.84 Å². The third kappa shape index (κ3) is 4.12. The first-order valence-corrected chi connectivity index (χ1v) is 6.50. The van der Waals surface area contributed by atoms with Crippen molar-refractivity contribution in [2.45, 2.75) is 12.8 Å². The molecule has 1 aliphatic heterocycles. The highest BCUT2D eigenvalue weighted by Gasteiger charge is 2.17. The maximum atomic E-state index is 11.9. The summed E-state index contributed by atoms with van der Waals surface area (Å²) in [4.78, 5) is 20.0. The lowest BCUT2D eigenvalue weighted by atomic mass is 10.1. The minimum atomic E-state index is -0.345. The molecule has 1 aliphatic rings. The van der Waals surface area contributed by atoms with Crippen molar-refractivity contribution in [3.63, 3.8) is 0 Å². The first-order chi connectivity index (χ1) is 9.79. The third-order valence-electron chi connectivity index (χ3n) is 3.01. The van der Waals surface area contributed by atoms with Gasteiger partial charge in [-0.3, -0.25) is 0 Å². The zero-order valence-corrected chi connectivity index (χ0v) is 11.1. The average Bonchev–Trinajstić information content (AvgIpc) is 2.49. The Morgan fingerprint density at radius 3 is 2.95 bits per heavy atom. The van der Waals surface area contributed by atoms with Gasteiger partial charge in [0.1, 0.15) is 0 Å². The molecule has 6 heteroatoms. The van der Waals surface area contributed by atoms with Crippen molar-refractivity contribution < 1.29 is 9.63 Å². The maximum absolute atomic E-state index is 11.9. The second-order valence-corrected chi connectivity index (χ2v) is 4.46. The Labute approximate surface area is 117 Å². The van der Waals surface area contributed by atoms with Crippen molar-refractivity contribution in [3.05, 3.63) is 58.0 Å². The van der Waals surface area contributed by atoms with Crippen LogP contribution in [0, 0.1) is 0 Å². The van der Waals surface area contributed by atoms with Gasteiger partial charge in [-0.25, -0.2) is 4.79 Å². The van der Waals surface area contributed by atoms with Gasteiger partial charge in [-0.15, -0.1) is 5.06 Å². The number of rotatable bonds is 5. The van der Waals surface area contributed by atoms with Crippen LogP contribution in [0.1, 0.15) is 23.2 Å². The van der Waals surface area contributed by atoms with Crippen LogP contribution in [0.2, 0.25) is 0 Å². The van der Waals surface area contributed by atoms with E-state index in [1.54, 1.807) is 29.3 Å². The van der Waals surface area contributed by atoms with Gasteiger partial charge in [0.05, 0.1) is 12.1 Å². The summed E-state index contributed by atoms with van der Waals surface area (Å²) in [5.74, 6) is -0.345. The number of hydrogen-bond acceptors (Lipinski definition) is 4. The molecular formula is C14H16N4O2. The first-order valence-electron chi connectivity index (χ1n) is 6.50. The third-order valence-corrected chi connectivity index (χ3v) is 3.01. The molecule has 20 heavy (non-hydrogen) atoms.